The van der Waals surface area contributed by atoms with Gasteiger partial charge in [-0.05, 0) is 64.8 Å². The summed E-state index contributed by atoms with van der Waals surface area (Å²) in [6.07, 6.45) is 6.11. The first-order valence-corrected chi connectivity index (χ1v) is 14.6. The zero-order valence-electron chi connectivity index (χ0n) is 25.1. The van der Waals surface area contributed by atoms with Gasteiger partial charge in [-0.15, -0.1) is 0 Å². The molecular formula is C32H45ClN2O5. The molecule has 2 fully saturated rings. The van der Waals surface area contributed by atoms with E-state index in [1.165, 1.54) is 0 Å². The molecule has 8 heteroatoms. The first-order chi connectivity index (χ1) is 18.6. The Morgan fingerprint density at radius 1 is 1.27 bits per heavy atom. The first kappa shape index (κ1) is 30.6. The zero-order valence-corrected chi connectivity index (χ0v) is 25.8. The number of aliphatic hydroxyl groups is 1. The van der Waals surface area contributed by atoms with E-state index in [9.17, 15) is 9.90 Å². The Labute approximate surface area is 244 Å². The Bertz CT molecular complexity index is 1210. The summed E-state index contributed by atoms with van der Waals surface area (Å²) in [7, 11) is 1.76. The van der Waals surface area contributed by atoms with Crippen molar-refractivity contribution in [1.82, 2.24) is 5.32 Å². The predicted molar refractivity (Wildman–Crippen MR) is 159 cm³/mol. The number of nitrogens with zero attached hydrogens (tertiary/aromatic N) is 1. The number of halogens is 1. The summed E-state index contributed by atoms with van der Waals surface area (Å²) >= 11 is 6.72. The molecule has 40 heavy (non-hydrogen) atoms. The molecule has 7 atom stereocenters. The van der Waals surface area contributed by atoms with E-state index in [0.29, 0.717) is 29.4 Å². The predicted octanol–water partition coefficient (Wildman–Crippen LogP) is 5.82. The van der Waals surface area contributed by atoms with Gasteiger partial charge in [0, 0.05) is 25.3 Å². The summed E-state index contributed by atoms with van der Waals surface area (Å²) in [6, 6.07) is 4.05. The quantitative estimate of drug-likeness (QED) is 0.434. The van der Waals surface area contributed by atoms with Crippen molar-refractivity contribution in [2.24, 2.45) is 11.8 Å². The number of benzene rings is 1. The number of rotatable bonds is 2. The summed E-state index contributed by atoms with van der Waals surface area (Å²) in [6.45, 7) is 18.0. The van der Waals surface area contributed by atoms with Crippen molar-refractivity contribution < 1.29 is 24.1 Å². The van der Waals surface area contributed by atoms with Crippen LogP contribution in [-0.4, -0.2) is 53.8 Å². The molecule has 2 saturated heterocycles. The van der Waals surface area contributed by atoms with E-state index in [0.717, 1.165) is 16.7 Å². The maximum Gasteiger partial charge on any atom is 0.229 e. The molecule has 0 aromatic heterocycles. The fraction of sp³-hybridized carbons (Fsp3) is 0.594. The highest BCUT2D eigenvalue weighted by Gasteiger charge is 2.63. The van der Waals surface area contributed by atoms with E-state index < -0.39 is 17.4 Å². The summed E-state index contributed by atoms with van der Waals surface area (Å²) in [5.41, 5.74) is 1.89. The minimum atomic E-state index is -1.23. The number of allylic oxidation sites excluding steroid dienone is 3. The molecule has 3 heterocycles. The number of carbonyl (C=O) groups is 1. The lowest BCUT2D eigenvalue weighted by Gasteiger charge is -2.44. The average molecular weight is 573 g/mol. The van der Waals surface area contributed by atoms with Crippen molar-refractivity contribution >= 4 is 23.2 Å². The van der Waals surface area contributed by atoms with Crippen LogP contribution in [0.3, 0.4) is 0 Å². The number of ether oxygens (including phenoxy) is 3. The van der Waals surface area contributed by atoms with Crippen LogP contribution >= 0.6 is 11.6 Å². The standard InChI is InChI=1S/C32H45ClN2O5/c1-18(2)38-27-16-28(36)35(9)25-15-24(14-20(4)29(25)33)13-19(3)11-10-12-21(5)32(37)17-26(39-23(7)34-32)22(6)30-31(27,8)40-30/h10-12,14-15,18,21-22,26-27,30,34,37H,7,13,16-17H2,1-6,8-9H3/b12-10+,19-11+. The van der Waals surface area contributed by atoms with Crippen LogP contribution in [0.25, 0.3) is 0 Å². The molecule has 1 aromatic carbocycles. The summed E-state index contributed by atoms with van der Waals surface area (Å²) < 4.78 is 18.7. The highest BCUT2D eigenvalue weighted by molar-refractivity contribution is 6.34. The summed E-state index contributed by atoms with van der Waals surface area (Å²) in [5, 5.41) is 15.3. The Morgan fingerprint density at radius 2 is 1.98 bits per heavy atom. The van der Waals surface area contributed by atoms with Gasteiger partial charge in [0.15, 0.2) is 5.88 Å². The highest BCUT2D eigenvalue weighted by Crippen LogP contribution is 2.49. The number of amides is 1. The monoisotopic (exact) mass is 572 g/mol. The Balaban J connectivity index is 1.75. The molecule has 1 amide bonds. The number of hydrogen-bond donors (Lipinski definition) is 2. The molecule has 3 aliphatic rings. The Kier molecular flexibility index (Phi) is 8.82. The zero-order chi connectivity index (χ0) is 29.6. The van der Waals surface area contributed by atoms with Gasteiger partial charge in [-0.25, -0.2) is 0 Å². The van der Waals surface area contributed by atoms with Gasteiger partial charge in [0.2, 0.25) is 5.91 Å². The number of fused-ring (bicyclic) bond motifs is 5. The number of carbonyl (C=O) groups excluding carboxylic acids is 1. The molecule has 0 aliphatic carbocycles. The minimum Gasteiger partial charge on any atom is -0.476 e. The maximum absolute atomic E-state index is 13.7. The molecule has 0 spiro atoms. The second kappa shape index (κ2) is 11.5. The molecule has 220 valence electrons. The van der Waals surface area contributed by atoms with E-state index in [4.69, 9.17) is 25.8 Å². The van der Waals surface area contributed by atoms with Crippen LogP contribution in [0.1, 0.15) is 65.5 Å². The second-order valence-corrected chi connectivity index (χ2v) is 12.7. The first-order valence-electron chi connectivity index (χ1n) is 14.2. The van der Waals surface area contributed by atoms with E-state index in [1.54, 1.807) is 11.9 Å². The van der Waals surface area contributed by atoms with Crippen LogP contribution in [0, 0.1) is 18.8 Å². The van der Waals surface area contributed by atoms with E-state index in [1.807, 2.05) is 52.8 Å². The number of epoxide rings is 1. The number of anilines is 1. The normalized spacial score (nSPS) is 37.2. The summed E-state index contributed by atoms with van der Waals surface area (Å²) in [4.78, 5) is 15.3. The molecule has 1 aromatic rings. The molecule has 4 rings (SSSR count). The second-order valence-electron chi connectivity index (χ2n) is 12.4. The average Bonchev–Trinajstić information content (AvgIpc) is 3.55. The van der Waals surface area contributed by atoms with E-state index in [2.05, 4.69) is 37.9 Å². The van der Waals surface area contributed by atoms with E-state index >= 15 is 0 Å². The van der Waals surface area contributed by atoms with Crippen molar-refractivity contribution in [3.63, 3.8) is 0 Å². The molecule has 0 saturated carbocycles. The molecule has 7 nitrogen and oxygen atoms in total. The smallest absolute Gasteiger partial charge is 0.229 e. The van der Waals surface area contributed by atoms with Gasteiger partial charge in [-0.3, -0.25) is 4.79 Å². The van der Waals surface area contributed by atoms with Crippen molar-refractivity contribution in [3.8, 4) is 0 Å². The number of nitrogens with one attached hydrogen (secondary N) is 1. The van der Waals surface area contributed by atoms with Crippen LogP contribution in [-0.2, 0) is 25.4 Å². The van der Waals surface area contributed by atoms with Crippen LogP contribution < -0.4 is 10.2 Å². The van der Waals surface area contributed by atoms with Gasteiger partial charge in [-0.1, -0.05) is 55.3 Å². The van der Waals surface area contributed by atoms with Gasteiger partial charge in [0.05, 0.1) is 35.4 Å². The van der Waals surface area contributed by atoms with Gasteiger partial charge in [-0.2, -0.15) is 0 Å². The van der Waals surface area contributed by atoms with Crippen molar-refractivity contribution in [2.75, 3.05) is 11.9 Å². The molecule has 7 unspecified atom stereocenters. The van der Waals surface area contributed by atoms with Crippen molar-refractivity contribution in [2.45, 2.75) is 103 Å². The lowest BCUT2D eigenvalue weighted by Crippen LogP contribution is -2.57. The molecule has 3 aliphatic heterocycles. The van der Waals surface area contributed by atoms with Crippen molar-refractivity contribution in [3.05, 3.63) is 64.5 Å². The van der Waals surface area contributed by atoms with Gasteiger partial charge >= 0.3 is 0 Å². The lowest BCUT2D eigenvalue weighted by atomic mass is 9.82. The molecule has 0 radical (unpaired) electrons. The van der Waals surface area contributed by atoms with Gasteiger partial charge in [0.25, 0.3) is 0 Å². The fourth-order valence-electron chi connectivity index (χ4n) is 6.01. The SMILES string of the molecule is C=C1NC2(O)CC(O1)C(C)C1OC1(C)C(OC(C)C)CC(=O)N(C)c1cc(cc(C)c1Cl)C/C(C)=C/C=C/C2C. The maximum atomic E-state index is 13.7. The number of aryl methyl sites for hydroxylation is 1. The van der Waals surface area contributed by atoms with Gasteiger partial charge in [0.1, 0.15) is 17.4 Å². The third kappa shape index (κ3) is 6.28. The Hall–Kier alpha value is -2.32. The van der Waals surface area contributed by atoms with Crippen LogP contribution in [0.5, 0.6) is 0 Å². The topological polar surface area (TPSA) is 83.6 Å². The lowest BCUT2D eigenvalue weighted by molar-refractivity contribution is -0.127. The minimum absolute atomic E-state index is 0.0874. The molecule has 2 N–H and O–H groups in total. The van der Waals surface area contributed by atoms with E-state index in [-0.39, 0.29) is 42.5 Å². The fourth-order valence-corrected chi connectivity index (χ4v) is 6.25. The largest absolute Gasteiger partial charge is 0.476 e. The molecule has 4 bridgehead atoms. The summed E-state index contributed by atoms with van der Waals surface area (Å²) in [5.74, 6) is -0.0667. The van der Waals surface area contributed by atoms with Gasteiger partial charge < -0.3 is 29.5 Å². The van der Waals surface area contributed by atoms with Crippen LogP contribution in [0.4, 0.5) is 5.69 Å². The van der Waals surface area contributed by atoms with Crippen LogP contribution in [0.2, 0.25) is 5.02 Å². The van der Waals surface area contributed by atoms with Crippen LogP contribution in [0.15, 0.2) is 48.4 Å². The van der Waals surface area contributed by atoms with Crippen molar-refractivity contribution in [1.29, 1.82) is 0 Å². The third-order valence-corrected chi connectivity index (χ3v) is 9.09. The third-order valence-electron chi connectivity index (χ3n) is 8.60. The number of hydrogen-bond acceptors (Lipinski definition) is 6. The molecular weight excluding hydrogens is 528 g/mol. The Morgan fingerprint density at radius 3 is 2.65 bits per heavy atom. The highest BCUT2D eigenvalue weighted by atomic mass is 35.5.